The maximum absolute atomic E-state index is 11.9. The van der Waals surface area contributed by atoms with Gasteiger partial charge in [-0.25, -0.2) is 0 Å². The standard InChI is InChI=1S/C17H20N2O2S/c1-2-14-5-3-4-6-15(14)19-17(21)11-18-16(20)8-7-13-9-10-22-12-13/h3-6,9-10,12H,2,7-8,11H2,1H3,(H,18,20)(H,19,21). The Kier molecular flexibility index (Phi) is 6.15. The van der Waals surface area contributed by atoms with Crippen molar-refractivity contribution in [1.82, 2.24) is 5.32 Å². The number of hydrogen-bond donors (Lipinski definition) is 2. The molecule has 0 aliphatic heterocycles. The molecule has 0 aliphatic rings. The van der Waals surface area contributed by atoms with Crippen LogP contribution in [-0.4, -0.2) is 18.4 Å². The third-order valence-electron chi connectivity index (χ3n) is 3.34. The van der Waals surface area contributed by atoms with Crippen molar-refractivity contribution in [1.29, 1.82) is 0 Å². The number of nitrogens with one attached hydrogen (secondary N) is 2. The highest BCUT2D eigenvalue weighted by atomic mass is 32.1. The summed E-state index contributed by atoms with van der Waals surface area (Å²) in [6, 6.07) is 9.69. The zero-order chi connectivity index (χ0) is 15.8. The summed E-state index contributed by atoms with van der Waals surface area (Å²) in [5.74, 6) is -0.310. The van der Waals surface area contributed by atoms with Gasteiger partial charge in [0.15, 0.2) is 0 Å². The number of hydrogen-bond acceptors (Lipinski definition) is 3. The van der Waals surface area contributed by atoms with E-state index in [4.69, 9.17) is 0 Å². The number of benzene rings is 1. The first kappa shape index (κ1) is 16.2. The Morgan fingerprint density at radius 1 is 1.14 bits per heavy atom. The maximum atomic E-state index is 11.9. The fourth-order valence-corrected chi connectivity index (χ4v) is 2.81. The summed E-state index contributed by atoms with van der Waals surface area (Å²) < 4.78 is 0. The van der Waals surface area contributed by atoms with Crippen molar-refractivity contribution < 1.29 is 9.59 Å². The summed E-state index contributed by atoms with van der Waals surface area (Å²) in [6.45, 7) is 2.04. The summed E-state index contributed by atoms with van der Waals surface area (Å²) in [5, 5.41) is 9.51. The lowest BCUT2D eigenvalue weighted by molar-refractivity contribution is -0.124. The molecule has 22 heavy (non-hydrogen) atoms. The molecule has 2 rings (SSSR count). The summed E-state index contributed by atoms with van der Waals surface area (Å²) in [6.07, 6.45) is 1.95. The Morgan fingerprint density at radius 3 is 2.68 bits per heavy atom. The molecule has 0 unspecified atom stereocenters. The Balaban J connectivity index is 1.74. The normalized spacial score (nSPS) is 10.2. The number of aryl methyl sites for hydroxylation is 2. The molecular weight excluding hydrogens is 296 g/mol. The second kappa shape index (κ2) is 8.34. The van der Waals surface area contributed by atoms with Crippen molar-refractivity contribution in [3.8, 4) is 0 Å². The van der Waals surface area contributed by atoms with Crippen LogP contribution in [0.4, 0.5) is 5.69 Å². The zero-order valence-electron chi connectivity index (χ0n) is 12.6. The Morgan fingerprint density at radius 2 is 1.95 bits per heavy atom. The van der Waals surface area contributed by atoms with Gasteiger partial charge in [-0.3, -0.25) is 9.59 Å². The molecule has 1 aromatic heterocycles. The van der Waals surface area contributed by atoms with Gasteiger partial charge in [0.2, 0.25) is 11.8 Å². The van der Waals surface area contributed by atoms with E-state index in [2.05, 4.69) is 10.6 Å². The van der Waals surface area contributed by atoms with E-state index in [9.17, 15) is 9.59 Å². The summed E-state index contributed by atoms with van der Waals surface area (Å²) in [7, 11) is 0. The quantitative estimate of drug-likeness (QED) is 0.825. The maximum Gasteiger partial charge on any atom is 0.243 e. The number of amides is 2. The lowest BCUT2D eigenvalue weighted by atomic mass is 10.1. The highest BCUT2D eigenvalue weighted by Crippen LogP contribution is 2.15. The molecule has 0 saturated heterocycles. The van der Waals surface area contributed by atoms with Crippen LogP contribution in [0.2, 0.25) is 0 Å². The minimum atomic E-state index is -0.204. The van der Waals surface area contributed by atoms with E-state index in [1.54, 1.807) is 11.3 Å². The number of para-hydroxylation sites is 1. The van der Waals surface area contributed by atoms with E-state index in [0.717, 1.165) is 23.2 Å². The van der Waals surface area contributed by atoms with Crippen LogP contribution in [0.15, 0.2) is 41.1 Å². The van der Waals surface area contributed by atoms with E-state index in [1.807, 2.05) is 48.0 Å². The molecule has 0 aliphatic carbocycles. The fraction of sp³-hybridized carbons (Fsp3) is 0.294. The van der Waals surface area contributed by atoms with Crippen LogP contribution in [0.1, 0.15) is 24.5 Å². The molecule has 2 amide bonds. The minimum absolute atomic E-state index is 0.000515. The molecule has 5 heteroatoms. The van der Waals surface area contributed by atoms with E-state index in [1.165, 1.54) is 0 Å². The van der Waals surface area contributed by atoms with Gasteiger partial charge in [0, 0.05) is 12.1 Å². The predicted octanol–water partition coefficient (Wildman–Crippen LogP) is 3.00. The fourth-order valence-electron chi connectivity index (χ4n) is 2.10. The first-order valence-electron chi connectivity index (χ1n) is 7.34. The predicted molar refractivity (Wildman–Crippen MR) is 90.1 cm³/mol. The van der Waals surface area contributed by atoms with Gasteiger partial charge in [-0.15, -0.1) is 0 Å². The van der Waals surface area contributed by atoms with Crippen LogP contribution < -0.4 is 10.6 Å². The SMILES string of the molecule is CCc1ccccc1NC(=O)CNC(=O)CCc1ccsc1. The van der Waals surface area contributed by atoms with Crippen LogP contribution in [0.3, 0.4) is 0 Å². The van der Waals surface area contributed by atoms with Gasteiger partial charge in [-0.2, -0.15) is 11.3 Å². The largest absolute Gasteiger partial charge is 0.347 e. The molecule has 0 bridgehead atoms. The van der Waals surface area contributed by atoms with E-state index in [0.29, 0.717) is 12.8 Å². The molecule has 116 valence electrons. The van der Waals surface area contributed by atoms with Gasteiger partial charge in [0.1, 0.15) is 0 Å². The molecule has 4 nitrogen and oxygen atoms in total. The summed E-state index contributed by atoms with van der Waals surface area (Å²) >= 11 is 1.62. The van der Waals surface area contributed by atoms with Crippen molar-refractivity contribution in [2.24, 2.45) is 0 Å². The Bertz CT molecular complexity index is 623. The molecule has 0 fully saturated rings. The number of anilines is 1. The average Bonchev–Trinajstić information content (AvgIpc) is 3.05. The molecule has 0 spiro atoms. The number of rotatable bonds is 7. The van der Waals surface area contributed by atoms with Crippen molar-refractivity contribution in [2.45, 2.75) is 26.2 Å². The van der Waals surface area contributed by atoms with Gasteiger partial charge < -0.3 is 10.6 Å². The molecule has 1 aromatic carbocycles. The molecule has 0 radical (unpaired) electrons. The van der Waals surface area contributed by atoms with Gasteiger partial charge in [-0.05, 0) is 46.9 Å². The first-order chi connectivity index (χ1) is 10.7. The van der Waals surface area contributed by atoms with Crippen LogP contribution in [0.5, 0.6) is 0 Å². The van der Waals surface area contributed by atoms with E-state index in [-0.39, 0.29) is 18.4 Å². The smallest absolute Gasteiger partial charge is 0.243 e. The molecular formula is C17H20N2O2S. The Hall–Kier alpha value is -2.14. The molecule has 0 atom stereocenters. The molecule has 2 aromatic rings. The van der Waals surface area contributed by atoms with Crippen molar-refractivity contribution in [2.75, 3.05) is 11.9 Å². The summed E-state index contributed by atoms with van der Waals surface area (Å²) in [4.78, 5) is 23.6. The third kappa shape index (κ3) is 5.00. The second-order valence-corrected chi connectivity index (χ2v) is 5.75. The lowest BCUT2D eigenvalue weighted by Gasteiger charge is -2.10. The van der Waals surface area contributed by atoms with Crippen molar-refractivity contribution >= 4 is 28.8 Å². The number of carbonyl (C=O) groups is 2. The van der Waals surface area contributed by atoms with E-state index < -0.39 is 0 Å². The van der Waals surface area contributed by atoms with Crippen molar-refractivity contribution in [3.63, 3.8) is 0 Å². The van der Waals surface area contributed by atoms with Crippen molar-refractivity contribution in [3.05, 3.63) is 52.2 Å². The summed E-state index contributed by atoms with van der Waals surface area (Å²) in [5.41, 5.74) is 3.05. The lowest BCUT2D eigenvalue weighted by Crippen LogP contribution is -2.33. The zero-order valence-corrected chi connectivity index (χ0v) is 13.4. The number of carbonyl (C=O) groups excluding carboxylic acids is 2. The number of thiophene rings is 1. The van der Waals surface area contributed by atoms with Crippen LogP contribution >= 0.6 is 11.3 Å². The first-order valence-corrected chi connectivity index (χ1v) is 8.29. The van der Waals surface area contributed by atoms with E-state index >= 15 is 0 Å². The van der Waals surface area contributed by atoms with Gasteiger partial charge in [0.05, 0.1) is 6.54 Å². The monoisotopic (exact) mass is 316 g/mol. The average molecular weight is 316 g/mol. The highest BCUT2D eigenvalue weighted by molar-refractivity contribution is 7.07. The van der Waals surface area contributed by atoms with Crippen LogP contribution in [-0.2, 0) is 22.4 Å². The molecule has 2 N–H and O–H groups in total. The van der Waals surface area contributed by atoms with Gasteiger partial charge >= 0.3 is 0 Å². The third-order valence-corrected chi connectivity index (χ3v) is 4.07. The minimum Gasteiger partial charge on any atom is -0.347 e. The van der Waals surface area contributed by atoms with Crippen LogP contribution in [0, 0.1) is 0 Å². The molecule has 0 saturated carbocycles. The van der Waals surface area contributed by atoms with Gasteiger partial charge in [-0.1, -0.05) is 25.1 Å². The highest BCUT2D eigenvalue weighted by Gasteiger charge is 2.08. The topological polar surface area (TPSA) is 58.2 Å². The Labute approximate surface area is 134 Å². The second-order valence-electron chi connectivity index (χ2n) is 4.97. The molecule has 1 heterocycles. The van der Waals surface area contributed by atoms with Gasteiger partial charge in [0.25, 0.3) is 0 Å². The van der Waals surface area contributed by atoms with Crippen LogP contribution in [0.25, 0.3) is 0 Å².